The lowest BCUT2D eigenvalue weighted by atomic mass is 10.1. The van der Waals surface area contributed by atoms with Gasteiger partial charge >= 0.3 is 0 Å². The van der Waals surface area contributed by atoms with Crippen molar-refractivity contribution in [2.24, 2.45) is 0 Å². The number of piperidine rings is 1. The van der Waals surface area contributed by atoms with E-state index in [1.54, 1.807) is 17.0 Å². The fourth-order valence-electron chi connectivity index (χ4n) is 3.66. The summed E-state index contributed by atoms with van der Waals surface area (Å²) in [6.07, 6.45) is 4.71. The zero-order valence-corrected chi connectivity index (χ0v) is 14.5. The highest BCUT2D eigenvalue weighted by molar-refractivity contribution is 5.85. The molecular weight excluding hydrogens is 321 g/mol. The minimum Gasteiger partial charge on any atom is -0.353 e. The van der Waals surface area contributed by atoms with Gasteiger partial charge in [0.2, 0.25) is 11.8 Å². The lowest BCUT2D eigenvalue weighted by Gasteiger charge is -2.29. The van der Waals surface area contributed by atoms with Crippen molar-refractivity contribution in [2.75, 3.05) is 32.7 Å². The number of likely N-dealkylation sites (tertiary alicyclic amines) is 2. The van der Waals surface area contributed by atoms with Crippen LogP contribution in [0.3, 0.4) is 0 Å². The molecule has 2 heterocycles. The fraction of sp³-hybridized carbons (Fsp3) is 0.579. The van der Waals surface area contributed by atoms with Gasteiger partial charge in [-0.1, -0.05) is 12.1 Å². The summed E-state index contributed by atoms with van der Waals surface area (Å²) in [5.74, 6) is -0.311. The minimum atomic E-state index is -0.253. The Kier molecular flexibility index (Phi) is 6.02. The highest BCUT2D eigenvalue weighted by Gasteiger charge is 2.25. The summed E-state index contributed by atoms with van der Waals surface area (Å²) in [6, 6.07) is 6.56. The van der Waals surface area contributed by atoms with Gasteiger partial charge in [-0.3, -0.25) is 14.5 Å². The predicted octanol–water partition coefficient (Wildman–Crippen LogP) is 2.09. The van der Waals surface area contributed by atoms with Crippen LogP contribution in [0, 0.1) is 5.82 Å². The van der Waals surface area contributed by atoms with Crippen molar-refractivity contribution >= 4 is 11.8 Å². The smallest absolute Gasteiger partial charge is 0.239 e. The molecule has 136 valence electrons. The molecule has 2 fully saturated rings. The van der Waals surface area contributed by atoms with Crippen LogP contribution >= 0.6 is 0 Å². The number of hydrogen-bond acceptors (Lipinski definition) is 3. The third-order valence-corrected chi connectivity index (χ3v) is 5.08. The Morgan fingerprint density at radius 2 is 1.76 bits per heavy atom. The molecule has 2 aliphatic rings. The standard InChI is InChI=1S/C19H26FN3O2/c20-16-8-6-15(7-9-16)17(22-10-3-4-11-22)13-21-18(24)14-23-12-2-1-5-19(23)25/h6-9,17H,1-5,10-14H2,(H,21,24)/t17-/m0/s1. The molecule has 6 heteroatoms. The van der Waals surface area contributed by atoms with Crippen molar-refractivity contribution in [3.05, 3.63) is 35.6 Å². The van der Waals surface area contributed by atoms with E-state index in [2.05, 4.69) is 10.2 Å². The Labute approximate surface area is 148 Å². The number of carbonyl (C=O) groups excluding carboxylic acids is 2. The number of amides is 2. The summed E-state index contributed by atoms with van der Waals surface area (Å²) in [7, 11) is 0. The highest BCUT2D eigenvalue weighted by Crippen LogP contribution is 2.24. The van der Waals surface area contributed by atoms with Crippen LogP contribution in [0.1, 0.15) is 43.7 Å². The van der Waals surface area contributed by atoms with E-state index < -0.39 is 0 Å². The summed E-state index contributed by atoms with van der Waals surface area (Å²) < 4.78 is 13.2. The molecule has 0 aromatic heterocycles. The SMILES string of the molecule is O=C(CN1CCCCC1=O)NC[C@@H](c1ccc(F)cc1)N1CCCC1. The van der Waals surface area contributed by atoms with E-state index >= 15 is 0 Å². The van der Waals surface area contributed by atoms with Gasteiger partial charge < -0.3 is 10.2 Å². The zero-order valence-electron chi connectivity index (χ0n) is 14.5. The van der Waals surface area contributed by atoms with Gasteiger partial charge in [0, 0.05) is 19.5 Å². The van der Waals surface area contributed by atoms with Gasteiger partial charge in [-0.2, -0.15) is 0 Å². The molecule has 2 saturated heterocycles. The number of hydrogen-bond donors (Lipinski definition) is 1. The summed E-state index contributed by atoms with van der Waals surface area (Å²) in [4.78, 5) is 28.1. The Balaban J connectivity index is 1.59. The molecule has 25 heavy (non-hydrogen) atoms. The van der Waals surface area contributed by atoms with Crippen LogP contribution in [0.5, 0.6) is 0 Å². The molecule has 0 spiro atoms. The van der Waals surface area contributed by atoms with Gasteiger partial charge in [0.25, 0.3) is 0 Å². The summed E-state index contributed by atoms with van der Waals surface area (Å²) in [5.41, 5.74) is 1.01. The Morgan fingerprint density at radius 3 is 2.44 bits per heavy atom. The second kappa shape index (κ2) is 8.43. The monoisotopic (exact) mass is 347 g/mol. The maximum absolute atomic E-state index is 13.2. The molecular formula is C19H26FN3O2. The van der Waals surface area contributed by atoms with Crippen molar-refractivity contribution in [2.45, 2.75) is 38.1 Å². The van der Waals surface area contributed by atoms with E-state index in [1.165, 1.54) is 12.1 Å². The van der Waals surface area contributed by atoms with Crippen LogP contribution < -0.4 is 5.32 Å². The quantitative estimate of drug-likeness (QED) is 0.857. The third kappa shape index (κ3) is 4.78. The molecule has 0 aliphatic carbocycles. The third-order valence-electron chi connectivity index (χ3n) is 5.08. The second-order valence-electron chi connectivity index (χ2n) is 6.89. The van der Waals surface area contributed by atoms with Crippen molar-refractivity contribution in [3.63, 3.8) is 0 Å². The lowest BCUT2D eigenvalue weighted by molar-refractivity contribution is -0.137. The van der Waals surface area contributed by atoms with Crippen molar-refractivity contribution in [3.8, 4) is 0 Å². The molecule has 1 atom stereocenters. The predicted molar refractivity (Wildman–Crippen MR) is 93.4 cm³/mol. The molecule has 1 N–H and O–H groups in total. The van der Waals surface area contributed by atoms with Gasteiger partial charge in [0.05, 0.1) is 12.6 Å². The molecule has 1 aromatic rings. The first-order chi connectivity index (χ1) is 12.1. The number of nitrogens with one attached hydrogen (secondary N) is 1. The number of carbonyl (C=O) groups is 2. The van der Waals surface area contributed by atoms with Crippen molar-refractivity contribution in [1.82, 2.24) is 15.1 Å². The molecule has 0 unspecified atom stereocenters. The van der Waals surface area contributed by atoms with Gasteiger partial charge in [-0.15, -0.1) is 0 Å². The van der Waals surface area contributed by atoms with Crippen LogP contribution in [-0.4, -0.2) is 54.3 Å². The van der Waals surface area contributed by atoms with E-state index in [9.17, 15) is 14.0 Å². The van der Waals surface area contributed by atoms with E-state index in [4.69, 9.17) is 0 Å². The van der Waals surface area contributed by atoms with E-state index in [1.807, 2.05) is 0 Å². The average Bonchev–Trinajstić information content (AvgIpc) is 3.13. The lowest BCUT2D eigenvalue weighted by Crippen LogP contribution is -2.45. The first kappa shape index (κ1) is 17.9. The van der Waals surface area contributed by atoms with Crippen LogP contribution in [0.4, 0.5) is 4.39 Å². The number of rotatable bonds is 6. The second-order valence-corrected chi connectivity index (χ2v) is 6.89. The van der Waals surface area contributed by atoms with E-state index in [0.29, 0.717) is 19.5 Å². The molecule has 0 radical (unpaired) electrons. The summed E-state index contributed by atoms with van der Waals surface area (Å²) in [5, 5.41) is 2.97. The minimum absolute atomic E-state index is 0.0455. The normalized spacial score (nSPS) is 19.9. The molecule has 1 aromatic carbocycles. The van der Waals surface area contributed by atoms with Gasteiger partial charge in [0.15, 0.2) is 0 Å². The van der Waals surface area contributed by atoms with Crippen LogP contribution in [0.25, 0.3) is 0 Å². The largest absolute Gasteiger partial charge is 0.353 e. The maximum Gasteiger partial charge on any atom is 0.239 e. The van der Waals surface area contributed by atoms with Gasteiger partial charge in [-0.05, 0) is 56.5 Å². The first-order valence-corrected chi connectivity index (χ1v) is 9.17. The van der Waals surface area contributed by atoms with E-state index in [-0.39, 0.29) is 30.2 Å². The number of halogens is 1. The Bertz CT molecular complexity index is 599. The zero-order chi connectivity index (χ0) is 17.6. The first-order valence-electron chi connectivity index (χ1n) is 9.17. The van der Waals surface area contributed by atoms with Crippen molar-refractivity contribution < 1.29 is 14.0 Å². The summed E-state index contributed by atoms with van der Waals surface area (Å²) in [6.45, 7) is 3.26. The molecule has 0 bridgehead atoms. The topological polar surface area (TPSA) is 52.7 Å². The van der Waals surface area contributed by atoms with Crippen molar-refractivity contribution in [1.29, 1.82) is 0 Å². The number of benzene rings is 1. The molecule has 3 rings (SSSR count). The number of nitrogens with zero attached hydrogens (tertiary/aromatic N) is 2. The Hall–Kier alpha value is -1.95. The fourth-order valence-corrected chi connectivity index (χ4v) is 3.66. The van der Waals surface area contributed by atoms with Crippen LogP contribution in [-0.2, 0) is 9.59 Å². The Morgan fingerprint density at radius 1 is 1.08 bits per heavy atom. The molecule has 5 nitrogen and oxygen atoms in total. The molecule has 2 amide bonds. The van der Waals surface area contributed by atoms with E-state index in [0.717, 1.165) is 44.3 Å². The van der Waals surface area contributed by atoms with Gasteiger partial charge in [-0.25, -0.2) is 4.39 Å². The highest BCUT2D eigenvalue weighted by atomic mass is 19.1. The maximum atomic E-state index is 13.2. The average molecular weight is 347 g/mol. The molecule has 2 aliphatic heterocycles. The van der Waals surface area contributed by atoms with Gasteiger partial charge in [0.1, 0.15) is 5.82 Å². The van der Waals surface area contributed by atoms with Crippen LogP contribution in [0.15, 0.2) is 24.3 Å². The van der Waals surface area contributed by atoms with Crippen LogP contribution in [0.2, 0.25) is 0 Å². The molecule has 0 saturated carbocycles. The summed E-state index contributed by atoms with van der Waals surface area (Å²) >= 11 is 0.